The summed E-state index contributed by atoms with van der Waals surface area (Å²) in [5.74, 6) is 1.05. The average Bonchev–Trinajstić information content (AvgIpc) is 2.63. The Labute approximate surface area is 143 Å². The maximum atomic E-state index is 12.4. The van der Waals surface area contributed by atoms with Gasteiger partial charge in [0.15, 0.2) is 0 Å². The number of carbonyl (C=O) groups excluding carboxylic acids is 1. The molecule has 0 N–H and O–H groups in total. The fraction of sp³-hybridized carbons (Fsp3) is 0.350. The third-order valence-corrected chi connectivity index (χ3v) is 4.35. The van der Waals surface area contributed by atoms with Crippen LogP contribution in [0.25, 0.3) is 0 Å². The van der Waals surface area contributed by atoms with E-state index in [-0.39, 0.29) is 5.91 Å². The Hall–Kier alpha value is -2.33. The smallest absolute Gasteiger partial charge is 0.253 e. The molecule has 1 aliphatic rings. The van der Waals surface area contributed by atoms with Gasteiger partial charge in [-0.2, -0.15) is 0 Å². The highest BCUT2D eigenvalue weighted by Gasteiger charge is 2.21. The molecule has 4 nitrogen and oxygen atoms in total. The first-order valence-electron chi connectivity index (χ1n) is 8.48. The predicted octanol–water partition coefficient (Wildman–Crippen LogP) is 2.83. The average molecular weight is 324 g/mol. The van der Waals surface area contributed by atoms with Gasteiger partial charge in [0.2, 0.25) is 0 Å². The molecular formula is C20H24N2O2. The zero-order valence-electron chi connectivity index (χ0n) is 14.1. The fourth-order valence-corrected chi connectivity index (χ4v) is 2.94. The molecule has 0 unspecified atom stereocenters. The lowest BCUT2D eigenvalue weighted by Crippen LogP contribution is -2.49. The summed E-state index contributed by atoms with van der Waals surface area (Å²) in [5, 5.41) is 0. The van der Waals surface area contributed by atoms with Gasteiger partial charge >= 0.3 is 0 Å². The number of rotatable bonds is 5. The van der Waals surface area contributed by atoms with Gasteiger partial charge in [0.1, 0.15) is 12.4 Å². The number of amides is 1. The van der Waals surface area contributed by atoms with E-state index in [0.29, 0.717) is 6.61 Å². The molecule has 1 heterocycles. The largest absolute Gasteiger partial charge is 0.492 e. The number of benzene rings is 2. The molecule has 126 valence electrons. The van der Waals surface area contributed by atoms with E-state index in [1.165, 1.54) is 5.56 Å². The third-order valence-electron chi connectivity index (χ3n) is 4.35. The maximum Gasteiger partial charge on any atom is 0.253 e. The lowest BCUT2D eigenvalue weighted by molar-refractivity contribution is 0.0620. The van der Waals surface area contributed by atoms with Crippen molar-refractivity contribution in [2.24, 2.45) is 0 Å². The minimum atomic E-state index is 0.131. The predicted molar refractivity (Wildman–Crippen MR) is 95.5 cm³/mol. The lowest BCUT2D eigenvalue weighted by Gasteiger charge is -2.34. The minimum Gasteiger partial charge on any atom is -0.492 e. The van der Waals surface area contributed by atoms with E-state index < -0.39 is 0 Å². The summed E-state index contributed by atoms with van der Waals surface area (Å²) >= 11 is 0. The molecular weight excluding hydrogens is 300 g/mol. The van der Waals surface area contributed by atoms with Gasteiger partial charge in [-0.1, -0.05) is 30.3 Å². The molecule has 2 aromatic carbocycles. The molecule has 3 rings (SSSR count). The first-order valence-corrected chi connectivity index (χ1v) is 8.48. The van der Waals surface area contributed by atoms with Crippen molar-refractivity contribution in [3.63, 3.8) is 0 Å². The van der Waals surface area contributed by atoms with E-state index in [9.17, 15) is 4.79 Å². The van der Waals surface area contributed by atoms with Crippen molar-refractivity contribution < 1.29 is 9.53 Å². The van der Waals surface area contributed by atoms with Gasteiger partial charge in [-0.25, -0.2) is 0 Å². The second-order valence-corrected chi connectivity index (χ2v) is 6.16. The van der Waals surface area contributed by atoms with Crippen molar-refractivity contribution in [2.45, 2.75) is 6.92 Å². The molecule has 0 spiro atoms. The Morgan fingerprint density at radius 2 is 1.75 bits per heavy atom. The molecule has 1 fully saturated rings. The standard InChI is InChI=1S/C20H24N2O2/c1-17-6-5-9-19(16-17)24-15-14-21-10-12-22(13-11-21)20(23)18-7-3-2-4-8-18/h2-9,16H,10-15H2,1H3. The maximum absolute atomic E-state index is 12.4. The summed E-state index contributed by atoms with van der Waals surface area (Å²) in [4.78, 5) is 16.7. The van der Waals surface area contributed by atoms with Crippen LogP contribution < -0.4 is 4.74 Å². The van der Waals surface area contributed by atoms with Gasteiger partial charge in [-0.3, -0.25) is 9.69 Å². The van der Waals surface area contributed by atoms with E-state index in [0.717, 1.165) is 44.0 Å². The Morgan fingerprint density at radius 1 is 1.00 bits per heavy atom. The van der Waals surface area contributed by atoms with Gasteiger partial charge in [-0.05, 0) is 36.8 Å². The summed E-state index contributed by atoms with van der Waals surface area (Å²) in [6, 6.07) is 17.6. The van der Waals surface area contributed by atoms with E-state index in [2.05, 4.69) is 24.0 Å². The molecule has 0 bridgehead atoms. The Kier molecular flexibility index (Phi) is 5.49. The molecule has 1 amide bonds. The zero-order chi connectivity index (χ0) is 16.8. The van der Waals surface area contributed by atoms with Gasteiger partial charge in [0, 0.05) is 38.3 Å². The van der Waals surface area contributed by atoms with Crippen molar-refractivity contribution in [1.82, 2.24) is 9.80 Å². The number of piperazine rings is 1. The summed E-state index contributed by atoms with van der Waals surface area (Å²) in [7, 11) is 0. The molecule has 0 aromatic heterocycles. The van der Waals surface area contributed by atoms with Crippen LogP contribution in [0.15, 0.2) is 54.6 Å². The molecule has 24 heavy (non-hydrogen) atoms. The number of hydrogen-bond acceptors (Lipinski definition) is 3. The molecule has 1 saturated heterocycles. The summed E-state index contributed by atoms with van der Waals surface area (Å²) in [6.45, 7) is 6.98. The first kappa shape index (κ1) is 16.5. The van der Waals surface area contributed by atoms with Crippen LogP contribution in [-0.4, -0.2) is 55.0 Å². The summed E-state index contributed by atoms with van der Waals surface area (Å²) in [6.07, 6.45) is 0. The minimum absolute atomic E-state index is 0.131. The van der Waals surface area contributed by atoms with Crippen LogP contribution in [0, 0.1) is 6.92 Å². The highest BCUT2D eigenvalue weighted by atomic mass is 16.5. The van der Waals surface area contributed by atoms with Crippen LogP contribution >= 0.6 is 0 Å². The van der Waals surface area contributed by atoms with Crippen molar-refractivity contribution in [3.8, 4) is 5.75 Å². The topological polar surface area (TPSA) is 32.8 Å². The van der Waals surface area contributed by atoms with Crippen molar-refractivity contribution in [2.75, 3.05) is 39.3 Å². The molecule has 1 aliphatic heterocycles. The van der Waals surface area contributed by atoms with Crippen molar-refractivity contribution in [1.29, 1.82) is 0 Å². The van der Waals surface area contributed by atoms with Crippen molar-refractivity contribution in [3.05, 3.63) is 65.7 Å². The second-order valence-electron chi connectivity index (χ2n) is 6.16. The molecule has 0 aliphatic carbocycles. The molecule has 4 heteroatoms. The second kappa shape index (κ2) is 7.97. The van der Waals surface area contributed by atoms with E-state index in [1.54, 1.807) is 0 Å². The van der Waals surface area contributed by atoms with Crippen LogP contribution in [0.1, 0.15) is 15.9 Å². The first-order chi connectivity index (χ1) is 11.7. The normalized spacial score (nSPS) is 15.3. The SMILES string of the molecule is Cc1cccc(OCCN2CCN(C(=O)c3ccccc3)CC2)c1. The van der Waals surface area contributed by atoms with Crippen LogP contribution in [0.4, 0.5) is 0 Å². The molecule has 0 atom stereocenters. The van der Waals surface area contributed by atoms with Gasteiger partial charge in [0.05, 0.1) is 0 Å². The van der Waals surface area contributed by atoms with Crippen LogP contribution in [-0.2, 0) is 0 Å². The number of nitrogens with zero attached hydrogens (tertiary/aromatic N) is 2. The van der Waals surface area contributed by atoms with Crippen LogP contribution in [0.3, 0.4) is 0 Å². The van der Waals surface area contributed by atoms with Crippen molar-refractivity contribution >= 4 is 5.91 Å². The highest BCUT2D eigenvalue weighted by Crippen LogP contribution is 2.13. The van der Waals surface area contributed by atoms with Gasteiger partial charge in [-0.15, -0.1) is 0 Å². The lowest BCUT2D eigenvalue weighted by atomic mass is 10.2. The fourth-order valence-electron chi connectivity index (χ4n) is 2.94. The van der Waals surface area contributed by atoms with E-state index >= 15 is 0 Å². The van der Waals surface area contributed by atoms with Crippen LogP contribution in [0.2, 0.25) is 0 Å². The molecule has 2 aromatic rings. The Morgan fingerprint density at radius 3 is 2.46 bits per heavy atom. The van der Waals surface area contributed by atoms with E-state index in [4.69, 9.17) is 4.74 Å². The number of aryl methyl sites for hydroxylation is 1. The van der Waals surface area contributed by atoms with E-state index in [1.807, 2.05) is 47.4 Å². The molecule has 0 saturated carbocycles. The Balaban J connectivity index is 1.41. The number of carbonyl (C=O) groups is 1. The summed E-state index contributed by atoms with van der Waals surface area (Å²) < 4.78 is 5.81. The monoisotopic (exact) mass is 324 g/mol. The zero-order valence-corrected chi connectivity index (χ0v) is 14.1. The summed E-state index contributed by atoms with van der Waals surface area (Å²) in [5.41, 5.74) is 1.98. The third kappa shape index (κ3) is 4.36. The Bertz CT molecular complexity index is 664. The van der Waals surface area contributed by atoms with Crippen LogP contribution in [0.5, 0.6) is 5.75 Å². The number of hydrogen-bond donors (Lipinski definition) is 0. The highest BCUT2D eigenvalue weighted by molar-refractivity contribution is 5.94. The quantitative estimate of drug-likeness (QED) is 0.848. The molecule has 0 radical (unpaired) electrons. The van der Waals surface area contributed by atoms with Gasteiger partial charge < -0.3 is 9.64 Å². The van der Waals surface area contributed by atoms with Gasteiger partial charge in [0.25, 0.3) is 5.91 Å². The number of ether oxygens (including phenoxy) is 1.